The van der Waals surface area contributed by atoms with Crippen molar-refractivity contribution in [2.75, 3.05) is 19.0 Å². The third-order valence-electron chi connectivity index (χ3n) is 3.19. The zero-order valence-corrected chi connectivity index (χ0v) is 11.4. The topological polar surface area (TPSA) is 38.3 Å². The molecule has 0 amide bonds. The summed E-state index contributed by atoms with van der Waals surface area (Å²) < 4.78 is 4.66. The molecule has 100 valence electrons. The number of fused-ring (bicyclic) bond motifs is 1. The fourth-order valence-electron chi connectivity index (χ4n) is 2.26. The van der Waals surface area contributed by atoms with E-state index in [1.807, 2.05) is 18.2 Å². The molecule has 0 saturated carbocycles. The summed E-state index contributed by atoms with van der Waals surface area (Å²) >= 11 is 0. The van der Waals surface area contributed by atoms with Gasteiger partial charge in [0.15, 0.2) is 0 Å². The number of carbonyl (C=O) groups is 1. The van der Waals surface area contributed by atoms with Crippen LogP contribution in [0, 0.1) is 0 Å². The Morgan fingerprint density at radius 2 is 2.00 bits per heavy atom. The number of esters is 1. The molecule has 0 aromatic heterocycles. The Hall–Kier alpha value is -2.03. The van der Waals surface area contributed by atoms with Crippen LogP contribution in [-0.2, 0) is 16.0 Å². The lowest BCUT2D eigenvalue weighted by Crippen LogP contribution is -2.16. The number of hydrogen-bond donors (Lipinski definition) is 1. The first kappa shape index (κ1) is 13.4. The minimum Gasteiger partial charge on any atom is -0.468 e. The summed E-state index contributed by atoms with van der Waals surface area (Å²) in [6.45, 7) is 2.36. The van der Waals surface area contributed by atoms with Crippen LogP contribution in [0.5, 0.6) is 0 Å². The minimum absolute atomic E-state index is 0.200. The highest BCUT2D eigenvalue weighted by molar-refractivity contribution is 5.90. The molecule has 2 rings (SSSR count). The molecule has 2 aromatic carbocycles. The standard InChI is InChI=1S/C16H19NO2/c1-3-6-14-13-8-5-4-7-12(13)9-10-15(14)17-11-16(18)19-2/h4-5,7-10,17H,3,6,11H2,1-2H3. The maximum absolute atomic E-state index is 11.2. The van der Waals surface area contributed by atoms with Crippen LogP contribution in [0.15, 0.2) is 36.4 Å². The molecule has 0 aliphatic carbocycles. The van der Waals surface area contributed by atoms with Crippen LogP contribution in [0.25, 0.3) is 10.8 Å². The molecule has 0 unspecified atom stereocenters. The van der Waals surface area contributed by atoms with Gasteiger partial charge in [-0.25, -0.2) is 0 Å². The number of benzene rings is 2. The summed E-state index contributed by atoms with van der Waals surface area (Å²) in [5.74, 6) is -0.254. The van der Waals surface area contributed by atoms with Crippen molar-refractivity contribution < 1.29 is 9.53 Å². The van der Waals surface area contributed by atoms with Crippen molar-refractivity contribution in [3.8, 4) is 0 Å². The first-order chi connectivity index (χ1) is 9.26. The lowest BCUT2D eigenvalue weighted by atomic mass is 9.99. The van der Waals surface area contributed by atoms with Crippen LogP contribution >= 0.6 is 0 Å². The molecule has 0 heterocycles. The normalized spacial score (nSPS) is 10.4. The fourth-order valence-corrected chi connectivity index (χ4v) is 2.26. The molecule has 1 N–H and O–H groups in total. The van der Waals surface area contributed by atoms with E-state index in [1.54, 1.807) is 0 Å². The van der Waals surface area contributed by atoms with E-state index < -0.39 is 0 Å². The number of rotatable bonds is 5. The number of carbonyl (C=O) groups excluding carboxylic acids is 1. The molecular formula is C16H19NO2. The van der Waals surface area contributed by atoms with Crippen molar-refractivity contribution in [1.82, 2.24) is 0 Å². The van der Waals surface area contributed by atoms with Gasteiger partial charge in [-0.05, 0) is 28.8 Å². The van der Waals surface area contributed by atoms with Crippen molar-refractivity contribution in [2.24, 2.45) is 0 Å². The van der Waals surface area contributed by atoms with Crippen LogP contribution in [0.3, 0.4) is 0 Å². The van der Waals surface area contributed by atoms with Gasteiger partial charge in [-0.15, -0.1) is 0 Å². The predicted molar refractivity (Wildman–Crippen MR) is 78.4 cm³/mol. The molecule has 0 radical (unpaired) electrons. The summed E-state index contributed by atoms with van der Waals surface area (Å²) in [6, 6.07) is 12.4. The van der Waals surface area contributed by atoms with E-state index in [0.29, 0.717) is 0 Å². The quantitative estimate of drug-likeness (QED) is 0.834. The summed E-state index contributed by atoms with van der Waals surface area (Å²) in [5, 5.41) is 5.65. The van der Waals surface area contributed by atoms with Crippen LogP contribution in [0.1, 0.15) is 18.9 Å². The van der Waals surface area contributed by atoms with Crippen molar-refractivity contribution in [2.45, 2.75) is 19.8 Å². The van der Waals surface area contributed by atoms with Crippen LogP contribution < -0.4 is 5.32 Å². The molecule has 0 atom stereocenters. The van der Waals surface area contributed by atoms with Crippen molar-refractivity contribution in [1.29, 1.82) is 0 Å². The average molecular weight is 257 g/mol. The first-order valence-electron chi connectivity index (χ1n) is 6.57. The van der Waals surface area contributed by atoms with E-state index >= 15 is 0 Å². The highest BCUT2D eigenvalue weighted by atomic mass is 16.5. The monoisotopic (exact) mass is 257 g/mol. The Morgan fingerprint density at radius 3 is 2.74 bits per heavy atom. The van der Waals surface area contributed by atoms with Gasteiger partial charge >= 0.3 is 5.97 Å². The first-order valence-corrected chi connectivity index (χ1v) is 6.57. The van der Waals surface area contributed by atoms with Crippen molar-refractivity contribution in [3.05, 3.63) is 42.0 Å². The maximum Gasteiger partial charge on any atom is 0.325 e. The molecule has 0 aliphatic rings. The van der Waals surface area contributed by atoms with Gasteiger partial charge in [0.25, 0.3) is 0 Å². The Kier molecular flexibility index (Phi) is 4.39. The van der Waals surface area contributed by atoms with Gasteiger partial charge in [0, 0.05) is 5.69 Å². The van der Waals surface area contributed by atoms with Gasteiger partial charge < -0.3 is 10.1 Å². The Balaban J connectivity index is 2.36. The largest absolute Gasteiger partial charge is 0.468 e. The Labute approximate surface area is 113 Å². The number of aryl methyl sites for hydroxylation is 1. The van der Waals surface area contributed by atoms with Crippen molar-refractivity contribution >= 4 is 22.4 Å². The molecule has 2 aromatic rings. The van der Waals surface area contributed by atoms with E-state index in [-0.39, 0.29) is 12.5 Å². The highest BCUT2D eigenvalue weighted by Crippen LogP contribution is 2.27. The second-order valence-electron chi connectivity index (χ2n) is 4.49. The van der Waals surface area contributed by atoms with E-state index in [1.165, 1.54) is 23.4 Å². The molecule has 19 heavy (non-hydrogen) atoms. The molecule has 0 spiro atoms. The number of ether oxygens (including phenoxy) is 1. The van der Waals surface area contributed by atoms with Gasteiger partial charge in [-0.2, -0.15) is 0 Å². The Bertz CT molecular complexity index is 578. The molecule has 3 heteroatoms. The lowest BCUT2D eigenvalue weighted by molar-refractivity contribution is -0.138. The third-order valence-corrected chi connectivity index (χ3v) is 3.19. The van der Waals surface area contributed by atoms with Gasteiger partial charge in [0.1, 0.15) is 6.54 Å². The average Bonchev–Trinajstić information content (AvgIpc) is 2.46. The molecule has 3 nitrogen and oxygen atoms in total. The van der Waals surface area contributed by atoms with Crippen molar-refractivity contribution in [3.63, 3.8) is 0 Å². The molecule has 0 saturated heterocycles. The second-order valence-corrected chi connectivity index (χ2v) is 4.49. The minimum atomic E-state index is -0.254. The van der Waals surface area contributed by atoms with Crippen LogP contribution in [0.2, 0.25) is 0 Å². The van der Waals surface area contributed by atoms with Crippen LogP contribution in [-0.4, -0.2) is 19.6 Å². The van der Waals surface area contributed by atoms with Gasteiger partial charge in [-0.1, -0.05) is 43.7 Å². The summed E-state index contributed by atoms with van der Waals surface area (Å²) in [7, 11) is 1.40. The van der Waals surface area contributed by atoms with E-state index in [9.17, 15) is 4.79 Å². The van der Waals surface area contributed by atoms with E-state index in [2.05, 4.69) is 35.2 Å². The zero-order chi connectivity index (χ0) is 13.7. The lowest BCUT2D eigenvalue weighted by Gasteiger charge is -2.14. The molecular weight excluding hydrogens is 238 g/mol. The number of nitrogens with one attached hydrogen (secondary N) is 1. The summed E-state index contributed by atoms with van der Waals surface area (Å²) in [5.41, 5.74) is 2.29. The SMILES string of the molecule is CCCc1c(NCC(=O)OC)ccc2ccccc12. The van der Waals surface area contributed by atoms with E-state index in [0.717, 1.165) is 18.5 Å². The maximum atomic E-state index is 11.2. The fraction of sp³-hybridized carbons (Fsp3) is 0.312. The molecule has 0 bridgehead atoms. The van der Waals surface area contributed by atoms with Gasteiger partial charge in [0.2, 0.25) is 0 Å². The van der Waals surface area contributed by atoms with Crippen LogP contribution in [0.4, 0.5) is 5.69 Å². The third kappa shape index (κ3) is 3.05. The molecule has 0 fully saturated rings. The highest BCUT2D eigenvalue weighted by Gasteiger charge is 2.08. The van der Waals surface area contributed by atoms with Gasteiger partial charge in [-0.3, -0.25) is 4.79 Å². The number of methoxy groups -OCH3 is 1. The smallest absolute Gasteiger partial charge is 0.325 e. The van der Waals surface area contributed by atoms with Gasteiger partial charge in [0.05, 0.1) is 7.11 Å². The molecule has 0 aliphatic heterocycles. The second kappa shape index (κ2) is 6.23. The number of hydrogen-bond acceptors (Lipinski definition) is 3. The Morgan fingerprint density at radius 1 is 1.21 bits per heavy atom. The predicted octanol–water partition coefficient (Wildman–Crippen LogP) is 3.38. The number of anilines is 1. The zero-order valence-electron chi connectivity index (χ0n) is 11.4. The summed E-state index contributed by atoms with van der Waals surface area (Å²) in [4.78, 5) is 11.2. The van der Waals surface area contributed by atoms with E-state index in [4.69, 9.17) is 0 Å². The summed E-state index contributed by atoms with van der Waals surface area (Å²) in [6.07, 6.45) is 2.06.